The number of aryl methyl sites for hydroxylation is 1. The van der Waals surface area contributed by atoms with E-state index in [0.29, 0.717) is 0 Å². The molecule has 18 heavy (non-hydrogen) atoms. The topological polar surface area (TPSA) is 24.9 Å². The predicted octanol–water partition coefficient (Wildman–Crippen LogP) is 3.39. The highest BCUT2D eigenvalue weighted by Crippen LogP contribution is 2.14. The molecule has 0 amide bonds. The van der Waals surface area contributed by atoms with Crippen LogP contribution in [-0.4, -0.2) is 23.5 Å². The van der Waals surface area contributed by atoms with Gasteiger partial charge in [0.05, 0.1) is 5.52 Å². The maximum atomic E-state index is 4.51. The number of hydrogen-bond acceptors (Lipinski definition) is 3. The van der Waals surface area contributed by atoms with Gasteiger partial charge in [0, 0.05) is 17.6 Å². The second-order valence-corrected chi connectivity index (χ2v) is 5.49. The van der Waals surface area contributed by atoms with Gasteiger partial charge < -0.3 is 5.32 Å². The zero-order chi connectivity index (χ0) is 12.8. The summed E-state index contributed by atoms with van der Waals surface area (Å²) in [4.78, 5) is 4.51. The first kappa shape index (κ1) is 13.4. The van der Waals surface area contributed by atoms with Crippen molar-refractivity contribution in [3.63, 3.8) is 0 Å². The van der Waals surface area contributed by atoms with Gasteiger partial charge in [0.1, 0.15) is 0 Å². The zero-order valence-electron chi connectivity index (χ0n) is 11.1. The molecule has 96 valence electrons. The fourth-order valence-corrected chi connectivity index (χ4v) is 2.39. The summed E-state index contributed by atoms with van der Waals surface area (Å²) < 4.78 is 0. The molecular formula is C15H20N2S. The molecule has 0 saturated heterocycles. The second-order valence-electron chi connectivity index (χ2n) is 4.50. The van der Waals surface area contributed by atoms with Gasteiger partial charge >= 0.3 is 0 Å². The van der Waals surface area contributed by atoms with Gasteiger partial charge in [-0.1, -0.05) is 12.1 Å². The third-order valence-electron chi connectivity index (χ3n) is 2.92. The lowest BCUT2D eigenvalue weighted by Gasteiger charge is -2.06. The number of aromatic nitrogens is 1. The summed E-state index contributed by atoms with van der Waals surface area (Å²) in [6.45, 7) is 4.06. The van der Waals surface area contributed by atoms with Crippen LogP contribution in [0.25, 0.3) is 10.9 Å². The molecule has 1 heterocycles. The van der Waals surface area contributed by atoms with Crippen LogP contribution in [0.1, 0.15) is 17.7 Å². The summed E-state index contributed by atoms with van der Waals surface area (Å²) in [5, 5.41) is 4.70. The molecule has 0 fully saturated rings. The smallest absolute Gasteiger partial charge is 0.0705 e. The van der Waals surface area contributed by atoms with Crippen molar-refractivity contribution < 1.29 is 0 Å². The minimum atomic E-state index is 0.943. The molecule has 0 radical (unpaired) electrons. The Morgan fingerprint density at radius 3 is 2.94 bits per heavy atom. The van der Waals surface area contributed by atoms with E-state index in [4.69, 9.17) is 0 Å². The molecule has 2 nitrogen and oxygen atoms in total. The van der Waals surface area contributed by atoms with Gasteiger partial charge in [-0.05, 0) is 55.7 Å². The van der Waals surface area contributed by atoms with Crippen molar-refractivity contribution in [3.05, 3.63) is 41.6 Å². The van der Waals surface area contributed by atoms with Crippen LogP contribution in [-0.2, 0) is 6.54 Å². The second kappa shape index (κ2) is 6.76. The molecule has 0 atom stereocenters. The summed E-state index contributed by atoms with van der Waals surface area (Å²) in [5.41, 5.74) is 3.49. The monoisotopic (exact) mass is 260 g/mol. The predicted molar refractivity (Wildman–Crippen MR) is 81.2 cm³/mol. The molecule has 2 aromatic rings. The van der Waals surface area contributed by atoms with Crippen LogP contribution in [0.4, 0.5) is 0 Å². The first-order valence-electron chi connectivity index (χ1n) is 6.35. The van der Waals surface area contributed by atoms with E-state index in [2.05, 4.69) is 46.9 Å². The Morgan fingerprint density at radius 1 is 1.22 bits per heavy atom. The quantitative estimate of drug-likeness (QED) is 0.806. The van der Waals surface area contributed by atoms with Crippen LogP contribution in [0, 0.1) is 6.92 Å². The van der Waals surface area contributed by atoms with Crippen LogP contribution >= 0.6 is 11.8 Å². The molecule has 3 heteroatoms. The lowest BCUT2D eigenvalue weighted by molar-refractivity contribution is 0.679. The molecule has 0 aliphatic rings. The molecule has 0 aliphatic heterocycles. The maximum Gasteiger partial charge on any atom is 0.0705 e. The SMILES string of the molecule is CSCCCNCc1ccc2nc(C)ccc2c1. The number of nitrogens with zero attached hydrogens (tertiary/aromatic N) is 1. The van der Waals surface area contributed by atoms with Crippen molar-refractivity contribution >= 4 is 22.7 Å². The summed E-state index contributed by atoms with van der Waals surface area (Å²) in [5.74, 6) is 1.23. The first-order valence-corrected chi connectivity index (χ1v) is 7.75. The average molecular weight is 260 g/mol. The van der Waals surface area contributed by atoms with Crippen molar-refractivity contribution in [2.75, 3.05) is 18.6 Å². The van der Waals surface area contributed by atoms with Crippen LogP contribution in [0.5, 0.6) is 0 Å². The molecular weight excluding hydrogens is 240 g/mol. The summed E-state index contributed by atoms with van der Waals surface area (Å²) in [6.07, 6.45) is 3.38. The fourth-order valence-electron chi connectivity index (χ4n) is 1.96. The number of pyridine rings is 1. The van der Waals surface area contributed by atoms with Crippen molar-refractivity contribution in [2.24, 2.45) is 0 Å². The van der Waals surface area contributed by atoms with Crippen molar-refractivity contribution in [2.45, 2.75) is 19.9 Å². The number of fused-ring (bicyclic) bond motifs is 1. The summed E-state index contributed by atoms with van der Waals surface area (Å²) in [7, 11) is 0. The largest absolute Gasteiger partial charge is 0.313 e. The van der Waals surface area contributed by atoms with E-state index in [1.165, 1.54) is 23.1 Å². The van der Waals surface area contributed by atoms with Crippen molar-refractivity contribution in [1.82, 2.24) is 10.3 Å². The molecule has 0 unspecified atom stereocenters. The van der Waals surface area contributed by atoms with E-state index < -0.39 is 0 Å². The number of nitrogens with one attached hydrogen (secondary N) is 1. The van der Waals surface area contributed by atoms with Gasteiger partial charge in [0.2, 0.25) is 0 Å². The third-order valence-corrected chi connectivity index (χ3v) is 3.62. The molecule has 0 bridgehead atoms. The van der Waals surface area contributed by atoms with Crippen molar-refractivity contribution in [1.29, 1.82) is 0 Å². The van der Waals surface area contributed by atoms with Crippen LogP contribution in [0.15, 0.2) is 30.3 Å². The molecule has 1 aromatic heterocycles. The molecule has 1 N–H and O–H groups in total. The Morgan fingerprint density at radius 2 is 2.11 bits per heavy atom. The molecule has 2 rings (SSSR count). The van der Waals surface area contributed by atoms with Gasteiger partial charge in [0.15, 0.2) is 0 Å². The van der Waals surface area contributed by atoms with E-state index in [9.17, 15) is 0 Å². The van der Waals surface area contributed by atoms with E-state index in [0.717, 1.165) is 24.3 Å². The van der Waals surface area contributed by atoms with Gasteiger partial charge in [-0.2, -0.15) is 11.8 Å². The van der Waals surface area contributed by atoms with Crippen LogP contribution in [0.2, 0.25) is 0 Å². The molecule has 1 aromatic carbocycles. The van der Waals surface area contributed by atoms with E-state index in [1.54, 1.807) is 0 Å². The lowest BCUT2D eigenvalue weighted by Crippen LogP contribution is -2.15. The van der Waals surface area contributed by atoms with Gasteiger partial charge in [-0.15, -0.1) is 0 Å². The Hall–Kier alpha value is -1.06. The highest BCUT2D eigenvalue weighted by molar-refractivity contribution is 7.98. The average Bonchev–Trinajstić information content (AvgIpc) is 2.38. The Balaban J connectivity index is 1.95. The number of hydrogen-bond donors (Lipinski definition) is 1. The Bertz CT molecular complexity index is 511. The molecule has 0 aliphatic carbocycles. The van der Waals surface area contributed by atoms with Gasteiger partial charge in [0.25, 0.3) is 0 Å². The fraction of sp³-hybridized carbons (Fsp3) is 0.400. The minimum Gasteiger partial charge on any atom is -0.313 e. The summed E-state index contributed by atoms with van der Waals surface area (Å²) >= 11 is 1.90. The Labute approximate surface area is 113 Å². The maximum absolute atomic E-state index is 4.51. The van der Waals surface area contributed by atoms with Crippen LogP contribution in [0.3, 0.4) is 0 Å². The Kier molecular flexibility index (Phi) is 5.02. The number of benzene rings is 1. The third kappa shape index (κ3) is 3.72. The zero-order valence-corrected chi connectivity index (χ0v) is 11.9. The van der Waals surface area contributed by atoms with Crippen LogP contribution < -0.4 is 5.32 Å². The van der Waals surface area contributed by atoms with Crippen molar-refractivity contribution in [3.8, 4) is 0 Å². The first-order chi connectivity index (χ1) is 8.79. The molecule has 0 saturated carbocycles. The highest BCUT2D eigenvalue weighted by atomic mass is 32.2. The van der Waals surface area contributed by atoms with E-state index in [1.807, 2.05) is 18.7 Å². The summed E-state index contributed by atoms with van der Waals surface area (Å²) in [6, 6.07) is 10.7. The van der Waals surface area contributed by atoms with E-state index in [-0.39, 0.29) is 0 Å². The van der Waals surface area contributed by atoms with Gasteiger partial charge in [-0.3, -0.25) is 4.98 Å². The molecule has 0 spiro atoms. The minimum absolute atomic E-state index is 0.943. The highest BCUT2D eigenvalue weighted by Gasteiger charge is 1.98. The van der Waals surface area contributed by atoms with Gasteiger partial charge in [-0.25, -0.2) is 0 Å². The standard InChI is InChI=1S/C15H20N2S/c1-12-4-6-14-10-13(5-7-15(14)17-12)11-16-8-3-9-18-2/h4-7,10,16H,3,8-9,11H2,1-2H3. The lowest BCUT2D eigenvalue weighted by atomic mass is 10.1. The number of thioether (sulfide) groups is 1. The van der Waals surface area contributed by atoms with E-state index >= 15 is 0 Å². The number of rotatable bonds is 6. The normalized spacial score (nSPS) is 11.0.